The van der Waals surface area contributed by atoms with Gasteiger partial charge >= 0.3 is 0 Å². The lowest BCUT2D eigenvalue weighted by atomic mass is 9.99. The number of carbonyl (C=O) groups excluding carboxylic acids is 2. The maximum absolute atomic E-state index is 13.1. The van der Waals surface area contributed by atoms with Crippen LogP contribution in [0.25, 0.3) is 11.1 Å². The van der Waals surface area contributed by atoms with Crippen molar-refractivity contribution < 1.29 is 24.2 Å². The van der Waals surface area contributed by atoms with E-state index >= 15 is 0 Å². The molecule has 32 heavy (non-hydrogen) atoms. The Morgan fingerprint density at radius 2 is 1.84 bits per heavy atom. The molecule has 0 bridgehead atoms. The number of halogens is 1. The summed E-state index contributed by atoms with van der Waals surface area (Å²) in [5, 5.41) is 29.9. The molecule has 3 N–H and O–H groups in total. The molecule has 1 saturated heterocycles. The van der Waals surface area contributed by atoms with Gasteiger partial charge in [-0.1, -0.05) is 30.3 Å². The second-order valence-corrected chi connectivity index (χ2v) is 7.57. The fourth-order valence-electron chi connectivity index (χ4n) is 3.33. The quantitative estimate of drug-likeness (QED) is 0.596. The van der Waals surface area contributed by atoms with Crippen LogP contribution in [-0.2, 0) is 16.1 Å². The third kappa shape index (κ3) is 7.15. The topological polar surface area (TPSA) is 114 Å². The molecular weight excluding hydrogens is 413 g/mol. The maximum Gasteiger partial charge on any atom is 0.254 e. The number of nitrogens with one attached hydrogen (secondary N) is 1. The number of hydrogen-bond donors (Lipinski definition) is 3. The van der Waals surface area contributed by atoms with Crippen LogP contribution in [0.1, 0.15) is 37.3 Å². The van der Waals surface area contributed by atoms with Crippen LogP contribution >= 0.6 is 0 Å². The van der Waals surface area contributed by atoms with Crippen LogP contribution in [0.4, 0.5) is 4.39 Å². The van der Waals surface area contributed by atoms with Crippen LogP contribution in [0.15, 0.2) is 42.5 Å². The number of likely N-dealkylation sites (tertiary alicyclic amines) is 1. The Kier molecular flexibility index (Phi) is 9.79. The lowest BCUT2D eigenvalue weighted by Gasteiger charge is -2.29. The third-order valence-electron chi connectivity index (χ3n) is 5.13. The number of piperidine rings is 1. The number of nitriles is 1. The standard InChI is InChI=1S/C15H11FN2O.C9H17NO3/c16-14-5-6-15(13(7-14)8-17)12-3-1-11(2-4-12)9-18-10-19;1-7(11)8(12)9(13)10-5-3-2-4-6-10/h1-7,10H,9H2,(H,18,19);7-8,11-12H,2-6H2,1H3. The summed E-state index contributed by atoms with van der Waals surface area (Å²) in [6.45, 7) is 3.30. The molecule has 7 nitrogen and oxygen atoms in total. The first kappa shape index (κ1) is 25.0. The predicted molar refractivity (Wildman–Crippen MR) is 118 cm³/mol. The molecule has 0 saturated carbocycles. The van der Waals surface area contributed by atoms with E-state index in [9.17, 15) is 19.1 Å². The lowest BCUT2D eigenvalue weighted by Crippen LogP contribution is -2.46. The van der Waals surface area contributed by atoms with Crippen LogP contribution < -0.4 is 5.32 Å². The van der Waals surface area contributed by atoms with E-state index in [4.69, 9.17) is 10.4 Å². The van der Waals surface area contributed by atoms with Gasteiger partial charge in [-0.25, -0.2) is 4.39 Å². The Bertz CT molecular complexity index is 935. The van der Waals surface area contributed by atoms with E-state index < -0.39 is 18.0 Å². The van der Waals surface area contributed by atoms with Crippen molar-refractivity contribution in [2.75, 3.05) is 13.1 Å². The molecule has 2 unspecified atom stereocenters. The first-order valence-electron chi connectivity index (χ1n) is 10.5. The van der Waals surface area contributed by atoms with Crippen molar-refractivity contribution in [3.8, 4) is 17.2 Å². The molecule has 0 radical (unpaired) electrons. The molecule has 2 amide bonds. The number of aliphatic hydroxyl groups is 2. The van der Waals surface area contributed by atoms with Gasteiger partial charge in [0.05, 0.1) is 17.7 Å². The van der Waals surface area contributed by atoms with Crippen LogP contribution in [-0.4, -0.2) is 52.7 Å². The van der Waals surface area contributed by atoms with E-state index in [1.54, 1.807) is 11.0 Å². The van der Waals surface area contributed by atoms with Gasteiger partial charge in [0.15, 0.2) is 6.10 Å². The van der Waals surface area contributed by atoms with Crippen LogP contribution in [0, 0.1) is 17.1 Å². The van der Waals surface area contributed by atoms with Crippen molar-refractivity contribution in [2.24, 2.45) is 0 Å². The highest BCUT2D eigenvalue weighted by atomic mass is 19.1. The molecular formula is C24H28FN3O4. The van der Waals surface area contributed by atoms with Gasteiger partial charge in [0, 0.05) is 19.6 Å². The van der Waals surface area contributed by atoms with Crippen LogP contribution in [0.5, 0.6) is 0 Å². The monoisotopic (exact) mass is 441 g/mol. The predicted octanol–water partition coefficient (Wildman–Crippen LogP) is 2.35. The highest BCUT2D eigenvalue weighted by Crippen LogP contribution is 2.24. The second-order valence-electron chi connectivity index (χ2n) is 7.57. The second kappa shape index (κ2) is 12.5. The van der Waals surface area contributed by atoms with Gasteiger partial charge in [0.25, 0.3) is 5.91 Å². The van der Waals surface area contributed by atoms with Gasteiger partial charge in [-0.2, -0.15) is 5.26 Å². The van der Waals surface area contributed by atoms with E-state index in [2.05, 4.69) is 5.32 Å². The number of carbonyl (C=O) groups is 2. The molecule has 1 heterocycles. The van der Waals surface area contributed by atoms with Gasteiger partial charge in [0.2, 0.25) is 6.41 Å². The van der Waals surface area contributed by atoms with Gasteiger partial charge in [-0.05, 0) is 55.0 Å². The average Bonchev–Trinajstić information content (AvgIpc) is 2.83. The molecule has 2 aromatic rings. The minimum Gasteiger partial charge on any atom is -0.390 e. The third-order valence-corrected chi connectivity index (χ3v) is 5.13. The molecule has 0 aromatic heterocycles. The summed E-state index contributed by atoms with van der Waals surface area (Å²) in [4.78, 5) is 23.3. The summed E-state index contributed by atoms with van der Waals surface area (Å²) in [7, 11) is 0. The molecule has 2 atom stereocenters. The highest BCUT2D eigenvalue weighted by molar-refractivity contribution is 5.81. The molecule has 0 spiro atoms. The summed E-state index contributed by atoms with van der Waals surface area (Å²) >= 11 is 0. The first-order valence-corrected chi connectivity index (χ1v) is 10.5. The summed E-state index contributed by atoms with van der Waals surface area (Å²) in [5.74, 6) is -0.762. The van der Waals surface area contributed by atoms with Crippen LogP contribution in [0.2, 0.25) is 0 Å². The largest absolute Gasteiger partial charge is 0.390 e. The van der Waals surface area contributed by atoms with Crippen molar-refractivity contribution in [3.63, 3.8) is 0 Å². The molecule has 8 heteroatoms. The van der Waals surface area contributed by atoms with Gasteiger partial charge in [0.1, 0.15) is 5.82 Å². The Balaban J connectivity index is 0.000000244. The van der Waals surface area contributed by atoms with Crippen molar-refractivity contribution in [3.05, 3.63) is 59.4 Å². The number of aliphatic hydroxyl groups excluding tert-OH is 2. The number of amides is 2. The molecule has 3 rings (SSSR count). The Hall–Kier alpha value is -3.28. The maximum atomic E-state index is 13.1. The van der Waals surface area contributed by atoms with Crippen LogP contribution in [0.3, 0.4) is 0 Å². The van der Waals surface area contributed by atoms with Crippen molar-refractivity contribution in [1.29, 1.82) is 5.26 Å². The molecule has 2 aromatic carbocycles. The van der Waals surface area contributed by atoms with Crippen molar-refractivity contribution >= 4 is 12.3 Å². The number of rotatable bonds is 6. The smallest absolute Gasteiger partial charge is 0.254 e. The normalized spacial score (nSPS) is 14.9. The van der Waals surface area contributed by atoms with Gasteiger partial charge in [-0.15, -0.1) is 0 Å². The fraction of sp³-hybridized carbons (Fsp3) is 0.375. The number of benzene rings is 2. The summed E-state index contributed by atoms with van der Waals surface area (Å²) < 4.78 is 13.1. The molecule has 1 aliphatic rings. The first-order chi connectivity index (χ1) is 15.4. The fourth-order valence-corrected chi connectivity index (χ4v) is 3.33. The number of nitrogens with zero attached hydrogens (tertiary/aromatic N) is 2. The van der Waals surface area contributed by atoms with Gasteiger partial charge < -0.3 is 20.4 Å². The number of hydrogen-bond acceptors (Lipinski definition) is 5. The SMILES string of the molecule is CC(O)C(O)C(=O)N1CCCCC1.N#Cc1cc(F)ccc1-c1ccc(CNC=O)cc1. The zero-order valence-corrected chi connectivity index (χ0v) is 18.0. The molecule has 170 valence electrons. The van der Waals surface area contributed by atoms with E-state index in [0.29, 0.717) is 37.2 Å². The van der Waals surface area contributed by atoms with E-state index in [1.165, 1.54) is 19.1 Å². The van der Waals surface area contributed by atoms with Crippen molar-refractivity contribution in [1.82, 2.24) is 10.2 Å². The lowest BCUT2D eigenvalue weighted by molar-refractivity contribution is -0.146. The zero-order chi connectivity index (χ0) is 23.5. The Labute approximate surface area is 187 Å². The van der Waals surface area contributed by atoms with E-state index in [1.807, 2.05) is 30.3 Å². The highest BCUT2D eigenvalue weighted by Gasteiger charge is 2.26. The molecule has 0 aliphatic carbocycles. The summed E-state index contributed by atoms with van der Waals surface area (Å²) in [6, 6.07) is 13.5. The van der Waals surface area contributed by atoms with Crippen molar-refractivity contribution in [2.45, 2.75) is 44.9 Å². The Morgan fingerprint density at radius 3 is 2.41 bits per heavy atom. The minimum absolute atomic E-state index is 0.304. The molecule has 1 fully saturated rings. The minimum atomic E-state index is -1.25. The zero-order valence-electron chi connectivity index (χ0n) is 18.0. The van der Waals surface area contributed by atoms with Gasteiger partial charge in [-0.3, -0.25) is 9.59 Å². The average molecular weight is 442 g/mol. The van der Waals surface area contributed by atoms with E-state index in [0.717, 1.165) is 30.4 Å². The summed E-state index contributed by atoms with van der Waals surface area (Å²) in [6.07, 6.45) is 1.56. The molecule has 1 aliphatic heterocycles. The van der Waals surface area contributed by atoms with E-state index in [-0.39, 0.29) is 5.91 Å². The Morgan fingerprint density at radius 1 is 1.19 bits per heavy atom. The summed E-state index contributed by atoms with van der Waals surface area (Å²) in [5.41, 5.74) is 2.79.